The number of likely N-dealkylation sites (tertiary alicyclic amines) is 1. The van der Waals surface area contributed by atoms with Crippen LogP contribution in [0.15, 0.2) is 73.1 Å². The number of carbonyl (C=O) groups excluding carboxylic acids is 1. The molecule has 0 radical (unpaired) electrons. The molecule has 1 amide bonds. The van der Waals surface area contributed by atoms with Crippen molar-refractivity contribution in [3.05, 3.63) is 84.2 Å². The molecule has 2 aliphatic heterocycles. The van der Waals surface area contributed by atoms with Crippen LogP contribution in [0, 0.1) is 0 Å². The summed E-state index contributed by atoms with van der Waals surface area (Å²) in [5, 5.41) is 0. The van der Waals surface area contributed by atoms with Gasteiger partial charge in [-0.15, -0.1) is 0 Å². The van der Waals surface area contributed by atoms with Crippen LogP contribution in [0.4, 0.5) is 0 Å². The monoisotopic (exact) mass is 386 g/mol. The van der Waals surface area contributed by atoms with Gasteiger partial charge in [-0.25, -0.2) is 0 Å². The molecule has 0 saturated carbocycles. The first-order valence-corrected chi connectivity index (χ1v) is 9.93. The van der Waals surface area contributed by atoms with Gasteiger partial charge in [-0.05, 0) is 47.5 Å². The predicted molar refractivity (Wildman–Crippen MR) is 109 cm³/mol. The van der Waals surface area contributed by atoms with Crippen molar-refractivity contribution in [1.82, 2.24) is 9.88 Å². The zero-order valence-corrected chi connectivity index (χ0v) is 16.1. The molecule has 3 heterocycles. The van der Waals surface area contributed by atoms with Crippen LogP contribution in [0.25, 0.3) is 11.1 Å². The highest BCUT2D eigenvalue weighted by Crippen LogP contribution is 2.39. The minimum atomic E-state index is -0.640. The van der Waals surface area contributed by atoms with E-state index in [1.54, 1.807) is 12.4 Å². The predicted octanol–water partition coefficient (Wildman–Crippen LogP) is 4.29. The standard InChI is InChI=1S/C24H22N2O3/c27-23(19-4-2-1-3-5-19)26-14-10-24(11-15-26)28-17-21-16-20(6-7-22(21)29-24)18-8-12-25-13-9-18/h1-9,12-13,16H,10-11,14-15,17H2. The summed E-state index contributed by atoms with van der Waals surface area (Å²) in [4.78, 5) is 18.6. The fourth-order valence-electron chi connectivity index (χ4n) is 4.02. The molecule has 0 atom stereocenters. The van der Waals surface area contributed by atoms with E-state index < -0.39 is 5.79 Å². The number of piperidine rings is 1. The highest BCUT2D eigenvalue weighted by Gasteiger charge is 2.42. The minimum Gasteiger partial charge on any atom is -0.462 e. The number of nitrogens with zero attached hydrogens (tertiary/aromatic N) is 2. The topological polar surface area (TPSA) is 51.7 Å². The fourth-order valence-corrected chi connectivity index (χ4v) is 4.02. The molecular formula is C24H22N2O3. The summed E-state index contributed by atoms with van der Waals surface area (Å²) in [6.45, 7) is 1.76. The number of ether oxygens (including phenoxy) is 2. The number of hydrogen-bond acceptors (Lipinski definition) is 4. The molecular weight excluding hydrogens is 364 g/mol. The lowest BCUT2D eigenvalue weighted by Gasteiger charge is -2.44. The largest absolute Gasteiger partial charge is 0.462 e. The van der Waals surface area contributed by atoms with E-state index in [1.165, 1.54) is 0 Å². The Morgan fingerprint density at radius 2 is 1.69 bits per heavy atom. The summed E-state index contributed by atoms with van der Waals surface area (Å²) in [7, 11) is 0. The number of pyridine rings is 1. The molecule has 0 bridgehead atoms. The lowest BCUT2D eigenvalue weighted by molar-refractivity contribution is -0.225. The van der Waals surface area contributed by atoms with Crippen LogP contribution >= 0.6 is 0 Å². The molecule has 0 aliphatic carbocycles. The number of rotatable bonds is 2. The van der Waals surface area contributed by atoms with Crippen LogP contribution in [0.1, 0.15) is 28.8 Å². The Labute approximate surface area is 169 Å². The maximum absolute atomic E-state index is 12.7. The summed E-state index contributed by atoms with van der Waals surface area (Å²) < 4.78 is 12.5. The molecule has 3 aromatic rings. The number of benzene rings is 2. The van der Waals surface area contributed by atoms with E-state index in [9.17, 15) is 4.79 Å². The Balaban J connectivity index is 1.28. The lowest BCUT2D eigenvalue weighted by Crippen LogP contribution is -2.52. The van der Waals surface area contributed by atoms with Gasteiger partial charge >= 0.3 is 0 Å². The van der Waals surface area contributed by atoms with E-state index in [0.29, 0.717) is 32.5 Å². The molecule has 1 fully saturated rings. The highest BCUT2D eigenvalue weighted by atomic mass is 16.7. The van der Waals surface area contributed by atoms with E-state index in [-0.39, 0.29) is 5.91 Å². The second-order valence-corrected chi connectivity index (χ2v) is 7.52. The van der Waals surface area contributed by atoms with Crippen molar-refractivity contribution >= 4 is 5.91 Å². The van der Waals surface area contributed by atoms with Gasteiger partial charge in [-0.1, -0.05) is 24.3 Å². The summed E-state index contributed by atoms with van der Waals surface area (Å²) in [5.74, 6) is 0.300. The quantitative estimate of drug-likeness (QED) is 0.659. The average molecular weight is 386 g/mol. The number of fused-ring (bicyclic) bond motifs is 1. The first-order chi connectivity index (χ1) is 14.2. The molecule has 5 nitrogen and oxygen atoms in total. The first kappa shape index (κ1) is 17.9. The molecule has 5 rings (SSSR count). The van der Waals surface area contributed by atoms with Crippen molar-refractivity contribution in [3.63, 3.8) is 0 Å². The van der Waals surface area contributed by atoms with Crippen LogP contribution < -0.4 is 4.74 Å². The average Bonchev–Trinajstić information content (AvgIpc) is 2.80. The summed E-state index contributed by atoms with van der Waals surface area (Å²) in [6.07, 6.45) is 4.91. The SMILES string of the molecule is O=C(c1ccccc1)N1CCC2(CC1)OCc1cc(-c3ccncc3)ccc1O2. The van der Waals surface area contributed by atoms with Crippen LogP contribution in [-0.4, -0.2) is 34.7 Å². The van der Waals surface area contributed by atoms with Gasteiger partial charge in [-0.3, -0.25) is 9.78 Å². The Kier molecular flexibility index (Phi) is 4.52. The van der Waals surface area contributed by atoms with E-state index >= 15 is 0 Å². The maximum atomic E-state index is 12.7. The van der Waals surface area contributed by atoms with Gasteiger partial charge in [0.1, 0.15) is 5.75 Å². The minimum absolute atomic E-state index is 0.0682. The second kappa shape index (κ2) is 7.33. The van der Waals surface area contributed by atoms with Crippen molar-refractivity contribution in [2.45, 2.75) is 25.2 Å². The maximum Gasteiger partial charge on any atom is 0.253 e. The fraction of sp³-hybridized carbons (Fsp3) is 0.250. The number of aromatic nitrogens is 1. The van der Waals surface area contributed by atoms with Crippen molar-refractivity contribution in [2.24, 2.45) is 0 Å². The number of hydrogen-bond donors (Lipinski definition) is 0. The summed E-state index contributed by atoms with van der Waals surface area (Å²) in [6, 6.07) is 19.6. The third-order valence-corrected chi connectivity index (χ3v) is 5.69. The Morgan fingerprint density at radius 1 is 0.931 bits per heavy atom. The third-order valence-electron chi connectivity index (χ3n) is 5.69. The molecule has 0 unspecified atom stereocenters. The molecule has 5 heteroatoms. The van der Waals surface area contributed by atoms with Gasteiger partial charge < -0.3 is 14.4 Å². The number of carbonyl (C=O) groups is 1. The van der Waals surface area contributed by atoms with Crippen LogP contribution in [0.3, 0.4) is 0 Å². The van der Waals surface area contributed by atoms with E-state index in [1.807, 2.05) is 53.4 Å². The zero-order valence-electron chi connectivity index (χ0n) is 16.1. The van der Waals surface area contributed by atoms with Crippen LogP contribution in [-0.2, 0) is 11.3 Å². The zero-order chi connectivity index (χ0) is 19.7. The molecule has 0 N–H and O–H groups in total. The van der Waals surface area contributed by atoms with Crippen LogP contribution in [0.2, 0.25) is 0 Å². The molecule has 1 saturated heterocycles. The van der Waals surface area contributed by atoms with Crippen molar-refractivity contribution in [2.75, 3.05) is 13.1 Å². The molecule has 1 aromatic heterocycles. The van der Waals surface area contributed by atoms with E-state index in [2.05, 4.69) is 17.1 Å². The molecule has 2 aromatic carbocycles. The Bertz CT molecular complexity index is 1010. The molecule has 2 aliphatic rings. The Morgan fingerprint density at radius 3 is 2.45 bits per heavy atom. The highest BCUT2D eigenvalue weighted by molar-refractivity contribution is 5.94. The second-order valence-electron chi connectivity index (χ2n) is 7.52. The normalized spacial score (nSPS) is 17.4. The third kappa shape index (κ3) is 3.49. The van der Waals surface area contributed by atoms with E-state index in [0.717, 1.165) is 28.0 Å². The van der Waals surface area contributed by atoms with Gasteiger partial charge in [0.25, 0.3) is 5.91 Å². The smallest absolute Gasteiger partial charge is 0.253 e. The molecule has 146 valence electrons. The van der Waals surface area contributed by atoms with Gasteiger partial charge in [0.2, 0.25) is 5.79 Å². The Hall–Kier alpha value is -3.18. The van der Waals surface area contributed by atoms with Gasteiger partial charge in [0.05, 0.1) is 6.61 Å². The summed E-state index contributed by atoms with van der Waals surface area (Å²) >= 11 is 0. The number of amides is 1. The van der Waals surface area contributed by atoms with Crippen molar-refractivity contribution in [1.29, 1.82) is 0 Å². The lowest BCUT2D eigenvalue weighted by atomic mass is 9.99. The van der Waals surface area contributed by atoms with Crippen molar-refractivity contribution in [3.8, 4) is 16.9 Å². The van der Waals surface area contributed by atoms with Gasteiger partial charge in [0.15, 0.2) is 0 Å². The van der Waals surface area contributed by atoms with Crippen molar-refractivity contribution < 1.29 is 14.3 Å². The molecule has 29 heavy (non-hydrogen) atoms. The summed E-state index contributed by atoms with van der Waals surface area (Å²) in [5.41, 5.74) is 4.02. The van der Waals surface area contributed by atoms with Gasteiger partial charge in [-0.2, -0.15) is 0 Å². The van der Waals surface area contributed by atoms with Crippen LogP contribution in [0.5, 0.6) is 5.75 Å². The first-order valence-electron chi connectivity index (χ1n) is 9.93. The van der Waals surface area contributed by atoms with Gasteiger partial charge in [0, 0.05) is 49.5 Å². The van der Waals surface area contributed by atoms with E-state index in [4.69, 9.17) is 9.47 Å². The molecule has 1 spiro atoms.